The molecule has 3 unspecified atom stereocenters. The van der Waals surface area contributed by atoms with E-state index in [4.69, 9.17) is 16.4 Å². The van der Waals surface area contributed by atoms with E-state index in [2.05, 4.69) is 181 Å². The van der Waals surface area contributed by atoms with E-state index < -0.39 is 32.1 Å². The number of nitrogens with zero attached hydrogens (tertiary/aromatic N) is 3. The Kier molecular flexibility index (Phi) is 15.3. The number of benzene rings is 3. The Morgan fingerprint density at radius 2 is 0.902 bits per heavy atom. The highest BCUT2D eigenvalue weighted by Gasteiger charge is 2.41. The molecule has 5 nitrogen and oxygen atoms in total. The maximum absolute atomic E-state index is 8.89. The lowest BCUT2D eigenvalue weighted by Crippen LogP contribution is -2.22. The lowest BCUT2D eigenvalue weighted by atomic mass is 10.3. The third-order valence-corrected chi connectivity index (χ3v) is 19.4. The Balaban J connectivity index is 0.000000192. The molecule has 3 aromatic carbocycles. The second-order valence-corrected chi connectivity index (χ2v) is 34.2. The highest BCUT2D eigenvalue weighted by molar-refractivity contribution is 7.79. The van der Waals surface area contributed by atoms with Crippen LogP contribution in [-0.2, 0) is 0 Å². The summed E-state index contributed by atoms with van der Waals surface area (Å²) in [5, 5.41) is 21.6. The van der Waals surface area contributed by atoms with Gasteiger partial charge in [0.05, 0.1) is 30.8 Å². The van der Waals surface area contributed by atoms with Gasteiger partial charge in [0.2, 0.25) is 0 Å². The highest BCUT2D eigenvalue weighted by Crippen LogP contribution is 2.46. The number of aliphatic hydroxyl groups is 1. The minimum atomic E-state index is -1.10. The molecular formula is C42H63N4OPSi3. The predicted molar refractivity (Wildman–Crippen MR) is 234 cm³/mol. The molecule has 0 spiro atoms. The molecule has 0 heterocycles. The van der Waals surface area contributed by atoms with Crippen molar-refractivity contribution in [3.63, 3.8) is 0 Å². The van der Waals surface area contributed by atoms with Gasteiger partial charge in [0, 0.05) is 35.8 Å². The monoisotopic (exact) mass is 754 g/mol. The average Bonchev–Trinajstić information content (AvgIpc) is 4.03. The van der Waals surface area contributed by atoms with Crippen molar-refractivity contribution in [2.75, 3.05) is 19.7 Å². The lowest BCUT2D eigenvalue weighted by Gasteiger charge is -2.18. The second kappa shape index (κ2) is 18.3. The Labute approximate surface area is 313 Å². The van der Waals surface area contributed by atoms with E-state index in [1.54, 1.807) is 21.2 Å². The van der Waals surface area contributed by atoms with Crippen LogP contribution < -0.4 is 21.6 Å². The molecule has 9 heteroatoms. The molecule has 3 atom stereocenters. The van der Waals surface area contributed by atoms with E-state index in [9.17, 15) is 0 Å². The summed E-state index contributed by atoms with van der Waals surface area (Å²) in [6.45, 7) is 29.5. The zero-order valence-electron chi connectivity index (χ0n) is 33.3. The molecule has 0 bridgehead atoms. The smallest absolute Gasteiger partial charge is 0.0733 e. The summed E-state index contributed by atoms with van der Waals surface area (Å²) in [4.78, 5) is 2.78. The van der Waals surface area contributed by atoms with Crippen LogP contribution in [0.3, 0.4) is 0 Å². The SMILES string of the molecule is CC1=C([Si](C)(C)C)C1CN.CC1=C([Si](C)(C)C)C1CN=[N+]=[N-].CC1=C([Si](C)(C)C)C1CO.c1ccc(P(c2ccccc2)c2ccccc2)cc1. The van der Waals surface area contributed by atoms with Crippen LogP contribution >= 0.6 is 7.92 Å². The molecule has 3 N–H and O–H groups in total. The van der Waals surface area contributed by atoms with Gasteiger partial charge in [-0.15, -0.1) is 0 Å². The maximum Gasteiger partial charge on any atom is 0.0733 e. The zero-order chi connectivity index (χ0) is 38.1. The first kappa shape index (κ1) is 42.6. The van der Waals surface area contributed by atoms with Crippen molar-refractivity contribution in [2.24, 2.45) is 28.6 Å². The summed E-state index contributed by atoms with van der Waals surface area (Å²) < 4.78 is 0. The number of aliphatic hydroxyl groups excluding tert-OH is 1. The minimum Gasteiger partial charge on any atom is -0.395 e. The van der Waals surface area contributed by atoms with Gasteiger partial charge < -0.3 is 10.8 Å². The van der Waals surface area contributed by atoms with Crippen molar-refractivity contribution in [3.8, 4) is 0 Å². The largest absolute Gasteiger partial charge is 0.395 e. The molecule has 3 aliphatic rings. The van der Waals surface area contributed by atoms with Crippen LogP contribution in [0.5, 0.6) is 0 Å². The minimum absolute atomic E-state index is 0.339. The summed E-state index contributed by atoms with van der Waals surface area (Å²) >= 11 is 0. The fourth-order valence-corrected chi connectivity index (χ4v) is 17.8. The molecule has 0 saturated carbocycles. The molecule has 0 fully saturated rings. The standard InChI is InChI=1S/C18H15P.C8H15N3Si.C8H17NSi.C8H16OSi/c1-4-10-16(11-5-1)19(17-12-6-2-7-13-17)18-14-8-3-9-15-18;1-6-7(5-10-11-9)8(6)12(2,3)4;2*1-6-7(5-9)8(6)10(2,3)4/h1-15H;7H,5H2,1-4H3;7H,5,9H2,1-4H3;7,9H,5H2,1-4H3. The number of rotatable bonds is 10. The van der Waals surface area contributed by atoms with Gasteiger partial charge in [0.15, 0.2) is 0 Å². The second-order valence-electron chi connectivity index (χ2n) is 16.9. The zero-order valence-corrected chi connectivity index (χ0v) is 37.2. The summed E-state index contributed by atoms with van der Waals surface area (Å²) in [6, 6.07) is 32.3. The average molecular weight is 755 g/mol. The summed E-state index contributed by atoms with van der Waals surface area (Å²) in [5.41, 5.74) is 18.3. The first-order valence-corrected chi connectivity index (χ1v) is 30.1. The van der Waals surface area contributed by atoms with E-state index in [1.165, 1.54) is 27.1 Å². The van der Waals surface area contributed by atoms with Gasteiger partial charge in [0.1, 0.15) is 0 Å². The Hall–Kier alpha value is -2.81. The summed E-state index contributed by atoms with van der Waals surface area (Å²) in [5.74, 6) is 1.70. The van der Waals surface area contributed by atoms with Crippen LogP contribution in [-0.4, -0.2) is 49.0 Å². The highest BCUT2D eigenvalue weighted by atomic mass is 31.1. The molecule has 0 aromatic heterocycles. The van der Waals surface area contributed by atoms with Gasteiger partial charge in [-0.05, 0) is 50.1 Å². The summed E-state index contributed by atoms with van der Waals surface area (Å²) in [6.07, 6.45) is 0. The first-order valence-electron chi connectivity index (χ1n) is 18.3. The van der Waals surface area contributed by atoms with Crippen LogP contribution in [0.1, 0.15) is 20.8 Å². The normalized spacial score (nSPS) is 19.2. The lowest BCUT2D eigenvalue weighted by molar-refractivity contribution is 0.282. The Morgan fingerprint density at radius 1 is 0.588 bits per heavy atom. The molecular weight excluding hydrogens is 692 g/mol. The molecule has 3 aliphatic carbocycles. The fraction of sp³-hybridized carbons (Fsp3) is 0.429. The van der Waals surface area contributed by atoms with Crippen LogP contribution in [0, 0.1) is 17.8 Å². The number of nitrogens with two attached hydrogens (primary N) is 1. The number of azide groups is 1. The van der Waals surface area contributed by atoms with E-state index >= 15 is 0 Å². The van der Waals surface area contributed by atoms with Crippen molar-refractivity contribution in [1.82, 2.24) is 0 Å². The molecule has 6 rings (SSSR count). The number of hydrogen-bond donors (Lipinski definition) is 2. The summed E-state index contributed by atoms with van der Waals surface area (Å²) in [7, 11) is -3.57. The van der Waals surface area contributed by atoms with Gasteiger partial charge in [-0.1, -0.05) is 187 Å². The van der Waals surface area contributed by atoms with Gasteiger partial charge in [-0.3, -0.25) is 0 Å². The van der Waals surface area contributed by atoms with Gasteiger partial charge >= 0.3 is 0 Å². The van der Waals surface area contributed by atoms with Crippen molar-refractivity contribution in [3.05, 3.63) is 134 Å². The van der Waals surface area contributed by atoms with E-state index in [-0.39, 0.29) is 0 Å². The third-order valence-electron chi connectivity index (χ3n) is 9.85. The van der Waals surface area contributed by atoms with Crippen molar-refractivity contribution < 1.29 is 5.11 Å². The van der Waals surface area contributed by atoms with Crippen LogP contribution in [0.4, 0.5) is 0 Å². The Morgan fingerprint density at radius 3 is 1.12 bits per heavy atom. The predicted octanol–water partition coefficient (Wildman–Crippen LogP) is 10.1. The molecule has 0 saturated heterocycles. The molecule has 274 valence electrons. The van der Waals surface area contributed by atoms with E-state index in [1.807, 2.05) is 0 Å². The first-order chi connectivity index (χ1) is 23.9. The van der Waals surface area contributed by atoms with Gasteiger partial charge in [0.25, 0.3) is 0 Å². The van der Waals surface area contributed by atoms with Crippen LogP contribution in [0.15, 0.2) is 128 Å². The maximum atomic E-state index is 8.89. The van der Waals surface area contributed by atoms with Gasteiger partial charge in [-0.25, -0.2) is 0 Å². The molecule has 0 amide bonds. The molecule has 0 aliphatic heterocycles. The fourth-order valence-electron chi connectivity index (χ4n) is 7.57. The van der Waals surface area contributed by atoms with Crippen molar-refractivity contribution >= 4 is 48.1 Å². The molecule has 0 radical (unpaired) electrons. The molecule has 51 heavy (non-hydrogen) atoms. The molecule has 3 aromatic rings. The third kappa shape index (κ3) is 12.1. The topological polar surface area (TPSA) is 95.0 Å². The van der Waals surface area contributed by atoms with Gasteiger partial charge in [-0.2, -0.15) is 0 Å². The van der Waals surface area contributed by atoms with Crippen molar-refractivity contribution in [1.29, 1.82) is 0 Å². The number of hydrogen-bond acceptors (Lipinski definition) is 3. The Bertz CT molecular complexity index is 1600. The van der Waals surface area contributed by atoms with Crippen LogP contribution in [0.25, 0.3) is 10.4 Å². The van der Waals surface area contributed by atoms with E-state index in [0.29, 0.717) is 30.9 Å². The van der Waals surface area contributed by atoms with E-state index in [0.717, 1.165) is 6.54 Å². The quantitative estimate of drug-likeness (QED) is 0.0709. The van der Waals surface area contributed by atoms with Crippen LogP contribution in [0.2, 0.25) is 58.9 Å². The van der Waals surface area contributed by atoms with Crippen molar-refractivity contribution in [2.45, 2.75) is 79.7 Å².